The Labute approximate surface area is 137 Å². The van der Waals surface area contributed by atoms with Crippen LogP contribution < -0.4 is 9.62 Å². The van der Waals surface area contributed by atoms with Crippen molar-refractivity contribution in [1.82, 2.24) is 0 Å². The predicted molar refractivity (Wildman–Crippen MR) is 93.4 cm³/mol. The average Bonchev–Trinajstić information content (AvgIpc) is 3.26. The van der Waals surface area contributed by atoms with Gasteiger partial charge in [-0.15, -0.1) is 0 Å². The second kappa shape index (κ2) is 5.19. The second-order valence-electron chi connectivity index (χ2n) is 7.28. The topological polar surface area (TPSA) is 32.3 Å². The molecule has 0 unspecified atom stereocenters. The van der Waals surface area contributed by atoms with E-state index < -0.39 is 0 Å². The van der Waals surface area contributed by atoms with E-state index in [9.17, 15) is 4.79 Å². The average molecular weight is 316 g/mol. The van der Waals surface area contributed by atoms with E-state index in [1.807, 2.05) is 4.90 Å². The van der Waals surface area contributed by atoms with Crippen LogP contribution in [0.1, 0.15) is 51.0 Å². The number of nitrogens with zero attached hydrogens (tertiary/aromatic N) is 1. The SMILES string of the molecule is CCSNc1ccc2c(c1)C1(CCC3(CC3)CC1)CN2C=O. The van der Waals surface area contributed by atoms with Crippen LogP contribution in [0.15, 0.2) is 18.2 Å². The van der Waals surface area contributed by atoms with Gasteiger partial charge >= 0.3 is 0 Å². The Morgan fingerprint density at radius 3 is 2.59 bits per heavy atom. The molecule has 1 amide bonds. The molecule has 1 aromatic rings. The van der Waals surface area contributed by atoms with Gasteiger partial charge in [-0.3, -0.25) is 4.79 Å². The van der Waals surface area contributed by atoms with Gasteiger partial charge in [-0.25, -0.2) is 0 Å². The molecule has 1 aromatic carbocycles. The van der Waals surface area contributed by atoms with Crippen molar-refractivity contribution in [2.24, 2.45) is 5.41 Å². The number of nitrogens with one attached hydrogen (secondary N) is 1. The monoisotopic (exact) mass is 316 g/mol. The summed E-state index contributed by atoms with van der Waals surface area (Å²) in [6.45, 7) is 3.03. The number of fused-ring (bicyclic) bond motifs is 2. The van der Waals surface area contributed by atoms with Crippen LogP contribution in [0, 0.1) is 5.41 Å². The van der Waals surface area contributed by atoms with Gasteiger partial charge in [-0.05, 0) is 67.7 Å². The molecule has 0 bridgehead atoms. The van der Waals surface area contributed by atoms with Gasteiger partial charge < -0.3 is 9.62 Å². The van der Waals surface area contributed by atoms with Crippen LogP contribution in [0.5, 0.6) is 0 Å². The molecule has 2 fully saturated rings. The molecule has 0 saturated heterocycles. The summed E-state index contributed by atoms with van der Waals surface area (Å²) >= 11 is 1.72. The molecule has 2 aliphatic carbocycles. The molecular weight excluding hydrogens is 292 g/mol. The molecule has 4 rings (SSSR count). The summed E-state index contributed by atoms with van der Waals surface area (Å²) < 4.78 is 3.42. The van der Waals surface area contributed by atoms with Crippen molar-refractivity contribution in [2.75, 3.05) is 21.9 Å². The number of anilines is 2. The van der Waals surface area contributed by atoms with Gasteiger partial charge in [0.05, 0.1) is 0 Å². The van der Waals surface area contributed by atoms with Crippen molar-refractivity contribution in [2.45, 2.75) is 50.9 Å². The minimum Gasteiger partial charge on any atom is -0.330 e. The van der Waals surface area contributed by atoms with Crippen LogP contribution in [0.25, 0.3) is 0 Å². The maximum atomic E-state index is 11.5. The number of carbonyl (C=O) groups is 1. The molecule has 2 spiro atoms. The van der Waals surface area contributed by atoms with Gasteiger partial charge in [0.2, 0.25) is 6.41 Å². The predicted octanol–water partition coefficient (Wildman–Crippen LogP) is 4.34. The smallest absolute Gasteiger partial charge is 0.214 e. The standard InChI is InChI=1S/C18H24N2OS/c1-2-22-19-14-3-4-16-15(11-14)18(12-20(16)13-21)9-7-17(5-6-17)8-10-18/h3-4,11,13,19H,2,5-10,12H2,1H3. The normalized spacial score (nSPS) is 23.6. The first-order valence-electron chi connectivity index (χ1n) is 8.45. The lowest BCUT2D eigenvalue weighted by Crippen LogP contribution is -2.37. The Bertz CT molecular complexity index is 587. The van der Waals surface area contributed by atoms with Gasteiger partial charge in [0.15, 0.2) is 0 Å². The summed E-state index contributed by atoms with van der Waals surface area (Å²) in [6.07, 6.45) is 9.07. The summed E-state index contributed by atoms with van der Waals surface area (Å²) in [7, 11) is 0. The highest BCUT2D eigenvalue weighted by Gasteiger charge is 2.52. The van der Waals surface area contributed by atoms with Crippen LogP contribution in [0.4, 0.5) is 11.4 Å². The molecule has 118 valence electrons. The van der Waals surface area contributed by atoms with Crippen molar-refractivity contribution in [1.29, 1.82) is 0 Å². The molecule has 3 nitrogen and oxygen atoms in total. The molecular formula is C18H24N2OS. The van der Waals surface area contributed by atoms with E-state index in [2.05, 4.69) is 29.8 Å². The van der Waals surface area contributed by atoms with Crippen molar-refractivity contribution in [3.63, 3.8) is 0 Å². The molecule has 2 saturated carbocycles. The third kappa shape index (κ3) is 2.23. The molecule has 4 heteroatoms. The van der Waals surface area contributed by atoms with Crippen molar-refractivity contribution in [3.05, 3.63) is 23.8 Å². The maximum Gasteiger partial charge on any atom is 0.214 e. The highest BCUT2D eigenvalue weighted by molar-refractivity contribution is 8.00. The zero-order valence-electron chi connectivity index (χ0n) is 13.2. The molecule has 1 aliphatic heterocycles. The summed E-state index contributed by atoms with van der Waals surface area (Å²) in [5.41, 5.74) is 4.60. The van der Waals surface area contributed by atoms with Crippen LogP contribution in [-0.4, -0.2) is 18.7 Å². The van der Waals surface area contributed by atoms with Crippen LogP contribution >= 0.6 is 11.9 Å². The largest absolute Gasteiger partial charge is 0.330 e. The van der Waals surface area contributed by atoms with Gasteiger partial charge in [0.1, 0.15) is 0 Å². The zero-order valence-corrected chi connectivity index (χ0v) is 14.0. The summed E-state index contributed by atoms with van der Waals surface area (Å²) in [5, 5.41) is 0. The van der Waals surface area contributed by atoms with E-state index in [0.29, 0.717) is 5.41 Å². The number of hydrogen-bond acceptors (Lipinski definition) is 3. The fraction of sp³-hybridized carbons (Fsp3) is 0.611. The summed E-state index contributed by atoms with van der Waals surface area (Å²) in [4.78, 5) is 13.4. The Morgan fingerprint density at radius 2 is 1.95 bits per heavy atom. The molecule has 0 atom stereocenters. The quantitative estimate of drug-likeness (QED) is 0.662. The molecule has 22 heavy (non-hydrogen) atoms. The van der Waals surface area contributed by atoms with Crippen LogP contribution in [0.3, 0.4) is 0 Å². The maximum absolute atomic E-state index is 11.5. The molecule has 0 radical (unpaired) electrons. The minimum absolute atomic E-state index is 0.207. The fourth-order valence-electron chi connectivity index (χ4n) is 4.38. The van der Waals surface area contributed by atoms with E-state index >= 15 is 0 Å². The van der Waals surface area contributed by atoms with Crippen LogP contribution in [-0.2, 0) is 10.2 Å². The van der Waals surface area contributed by atoms with E-state index in [1.165, 1.54) is 49.8 Å². The number of amides is 1. The van der Waals surface area contributed by atoms with E-state index in [-0.39, 0.29) is 5.41 Å². The van der Waals surface area contributed by atoms with Crippen LogP contribution in [0.2, 0.25) is 0 Å². The van der Waals surface area contributed by atoms with Crippen molar-refractivity contribution in [3.8, 4) is 0 Å². The first-order valence-corrected chi connectivity index (χ1v) is 9.43. The number of benzene rings is 1. The van der Waals surface area contributed by atoms with E-state index in [4.69, 9.17) is 0 Å². The van der Waals surface area contributed by atoms with E-state index in [0.717, 1.165) is 24.4 Å². The van der Waals surface area contributed by atoms with Gasteiger partial charge in [0, 0.05) is 29.1 Å². The van der Waals surface area contributed by atoms with E-state index in [1.54, 1.807) is 11.9 Å². The summed E-state index contributed by atoms with van der Waals surface area (Å²) in [5.74, 6) is 1.05. The first kappa shape index (κ1) is 14.4. The Morgan fingerprint density at radius 1 is 1.23 bits per heavy atom. The minimum atomic E-state index is 0.207. The lowest BCUT2D eigenvalue weighted by Gasteiger charge is -2.38. The fourth-order valence-corrected chi connectivity index (χ4v) is 4.82. The third-order valence-electron chi connectivity index (χ3n) is 6.04. The van der Waals surface area contributed by atoms with Gasteiger partial charge in [0.25, 0.3) is 0 Å². The molecule has 1 N–H and O–H groups in total. The lowest BCUT2D eigenvalue weighted by atomic mass is 9.66. The molecule has 1 heterocycles. The molecule has 3 aliphatic rings. The second-order valence-corrected chi connectivity index (χ2v) is 8.35. The van der Waals surface area contributed by atoms with Crippen molar-refractivity contribution >= 4 is 29.7 Å². The Hall–Kier alpha value is -1.16. The van der Waals surface area contributed by atoms with Gasteiger partial charge in [-0.2, -0.15) is 0 Å². The number of hydrogen-bond donors (Lipinski definition) is 1. The van der Waals surface area contributed by atoms with Crippen molar-refractivity contribution < 1.29 is 4.79 Å². The summed E-state index contributed by atoms with van der Waals surface area (Å²) in [6, 6.07) is 6.52. The van der Waals surface area contributed by atoms with Gasteiger partial charge in [-0.1, -0.05) is 18.9 Å². The Balaban J connectivity index is 1.66. The first-order chi connectivity index (χ1) is 10.7. The number of carbonyl (C=O) groups excluding carboxylic acids is 1. The highest BCUT2D eigenvalue weighted by Crippen LogP contribution is 2.62. The highest BCUT2D eigenvalue weighted by atomic mass is 32.2. The third-order valence-corrected chi connectivity index (χ3v) is 6.71. The Kier molecular flexibility index (Phi) is 3.40. The molecule has 0 aromatic heterocycles. The number of rotatable bonds is 4. The zero-order chi connectivity index (χ0) is 15.2. The lowest BCUT2D eigenvalue weighted by molar-refractivity contribution is -0.107.